The molecule has 0 bridgehead atoms. The summed E-state index contributed by atoms with van der Waals surface area (Å²) < 4.78 is 1.71. The predicted octanol–water partition coefficient (Wildman–Crippen LogP) is 1.40. The van der Waals surface area contributed by atoms with Gasteiger partial charge in [-0.2, -0.15) is 5.26 Å². The smallest absolute Gasteiger partial charge is 0.166 e. The number of pyridine rings is 1. The number of aromatic nitrogens is 4. The van der Waals surface area contributed by atoms with Gasteiger partial charge >= 0.3 is 0 Å². The first kappa shape index (κ1) is 9.62. The Bertz CT molecular complexity index is 540. The minimum Gasteiger partial charge on any atom is -0.317 e. The van der Waals surface area contributed by atoms with Crippen molar-refractivity contribution in [2.45, 2.75) is 0 Å². The molecule has 6 heteroatoms. The quantitative estimate of drug-likeness (QED) is 0.680. The van der Waals surface area contributed by atoms with Crippen LogP contribution in [0, 0.1) is 11.3 Å². The Morgan fingerprint density at radius 2 is 2.33 bits per heavy atom. The molecule has 0 fully saturated rings. The van der Waals surface area contributed by atoms with E-state index in [-0.39, 0.29) is 0 Å². The van der Waals surface area contributed by atoms with Crippen LogP contribution in [0.15, 0.2) is 18.6 Å². The lowest BCUT2D eigenvalue weighted by Gasteiger charge is -2.02. The molecule has 0 unspecified atom stereocenters. The molecule has 0 amide bonds. The van der Waals surface area contributed by atoms with Crippen LogP contribution in [-0.4, -0.2) is 19.7 Å². The van der Waals surface area contributed by atoms with Gasteiger partial charge in [0.1, 0.15) is 17.5 Å². The maximum atomic E-state index is 8.74. The van der Waals surface area contributed by atoms with Crippen molar-refractivity contribution in [1.29, 1.82) is 5.26 Å². The minimum absolute atomic E-state index is 0.310. The monoisotopic (exact) mass is 219 g/mol. The van der Waals surface area contributed by atoms with E-state index in [4.69, 9.17) is 16.9 Å². The van der Waals surface area contributed by atoms with Gasteiger partial charge < -0.3 is 4.57 Å². The molecular weight excluding hydrogens is 214 g/mol. The van der Waals surface area contributed by atoms with Crippen LogP contribution < -0.4 is 0 Å². The number of rotatable bonds is 1. The topological polar surface area (TPSA) is 67.4 Å². The molecule has 2 heterocycles. The molecule has 5 nitrogen and oxygen atoms in total. The second kappa shape index (κ2) is 3.67. The van der Waals surface area contributed by atoms with Crippen LogP contribution in [0.1, 0.15) is 5.56 Å². The zero-order chi connectivity index (χ0) is 10.8. The fourth-order valence-corrected chi connectivity index (χ4v) is 1.38. The first-order valence-corrected chi connectivity index (χ1v) is 4.50. The SMILES string of the molecule is Cn1cnnc1-c1cc(C#N)cnc1Cl. The zero-order valence-corrected chi connectivity index (χ0v) is 8.60. The van der Waals surface area contributed by atoms with Gasteiger partial charge in [-0.05, 0) is 6.07 Å². The summed E-state index contributed by atoms with van der Waals surface area (Å²) in [6.07, 6.45) is 2.98. The maximum absolute atomic E-state index is 8.74. The fourth-order valence-electron chi connectivity index (χ4n) is 1.19. The highest BCUT2D eigenvalue weighted by Gasteiger charge is 2.10. The van der Waals surface area contributed by atoms with Gasteiger partial charge in [0.25, 0.3) is 0 Å². The van der Waals surface area contributed by atoms with Gasteiger partial charge in [-0.3, -0.25) is 0 Å². The van der Waals surface area contributed by atoms with E-state index in [9.17, 15) is 0 Å². The van der Waals surface area contributed by atoms with Gasteiger partial charge in [0, 0.05) is 13.2 Å². The summed E-state index contributed by atoms with van der Waals surface area (Å²) in [7, 11) is 1.80. The molecule has 0 saturated carbocycles. The number of hydrogen-bond acceptors (Lipinski definition) is 4. The van der Waals surface area contributed by atoms with E-state index in [0.717, 1.165) is 0 Å². The standard InChI is InChI=1S/C9H6ClN5/c1-15-5-13-14-9(15)7-2-6(3-11)4-12-8(7)10/h2,4-5H,1H3. The van der Waals surface area contributed by atoms with E-state index in [1.54, 1.807) is 24.0 Å². The maximum Gasteiger partial charge on any atom is 0.166 e. The van der Waals surface area contributed by atoms with Crippen molar-refractivity contribution in [3.8, 4) is 17.5 Å². The second-order valence-electron chi connectivity index (χ2n) is 2.94. The van der Waals surface area contributed by atoms with Crippen LogP contribution in [0.5, 0.6) is 0 Å². The molecule has 0 aromatic carbocycles. The Morgan fingerprint density at radius 3 is 2.93 bits per heavy atom. The molecule has 2 aromatic rings. The van der Waals surface area contributed by atoms with E-state index in [0.29, 0.717) is 22.1 Å². The number of nitriles is 1. The van der Waals surface area contributed by atoms with Crippen molar-refractivity contribution in [1.82, 2.24) is 19.7 Å². The second-order valence-corrected chi connectivity index (χ2v) is 3.30. The molecular formula is C9H6ClN5. The zero-order valence-electron chi connectivity index (χ0n) is 7.85. The molecule has 0 saturated heterocycles. The Labute approximate surface area is 91.0 Å². The Kier molecular flexibility index (Phi) is 2.35. The highest BCUT2D eigenvalue weighted by atomic mass is 35.5. The largest absolute Gasteiger partial charge is 0.317 e. The van der Waals surface area contributed by atoms with Crippen molar-refractivity contribution in [3.05, 3.63) is 29.3 Å². The fraction of sp³-hybridized carbons (Fsp3) is 0.111. The normalized spacial score (nSPS) is 9.93. The Hall–Kier alpha value is -1.93. The first-order valence-electron chi connectivity index (χ1n) is 4.12. The first-order chi connectivity index (χ1) is 7.22. The molecule has 15 heavy (non-hydrogen) atoms. The molecule has 74 valence electrons. The molecule has 0 aliphatic carbocycles. The van der Waals surface area contributed by atoms with Crippen LogP contribution in [0.2, 0.25) is 5.15 Å². The molecule has 0 N–H and O–H groups in total. The molecule has 0 radical (unpaired) electrons. The van der Waals surface area contributed by atoms with Gasteiger partial charge in [0.15, 0.2) is 5.82 Å². The summed E-state index contributed by atoms with van der Waals surface area (Å²) in [6.45, 7) is 0. The van der Waals surface area contributed by atoms with Gasteiger partial charge in [-0.25, -0.2) is 4.98 Å². The van der Waals surface area contributed by atoms with Crippen molar-refractivity contribution in [2.75, 3.05) is 0 Å². The lowest BCUT2D eigenvalue weighted by molar-refractivity contribution is 0.918. The predicted molar refractivity (Wildman–Crippen MR) is 54.0 cm³/mol. The molecule has 0 aliphatic rings. The van der Waals surface area contributed by atoms with Crippen LogP contribution in [-0.2, 0) is 7.05 Å². The van der Waals surface area contributed by atoms with Crippen molar-refractivity contribution >= 4 is 11.6 Å². The molecule has 0 spiro atoms. The number of hydrogen-bond donors (Lipinski definition) is 0. The summed E-state index contributed by atoms with van der Waals surface area (Å²) in [5.74, 6) is 0.588. The number of aryl methyl sites for hydroxylation is 1. The summed E-state index contributed by atoms with van der Waals surface area (Å²) in [5.41, 5.74) is 1.05. The van der Waals surface area contributed by atoms with Gasteiger partial charge in [-0.15, -0.1) is 10.2 Å². The van der Waals surface area contributed by atoms with Crippen LogP contribution in [0.4, 0.5) is 0 Å². The van der Waals surface area contributed by atoms with Crippen LogP contribution in [0.25, 0.3) is 11.4 Å². The van der Waals surface area contributed by atoms with E-state index >= 15 is 0 Å². The third-order valence-corrected chi connectivity index (χ3v) is 2.22. The van der Waals surface area contributed by atoms with E-state index in [1.807, 2.05) is 6.07 Å². The molecule has 0 atom stereocenters. The highest BCUT2D eigenvalue weighted by molar-refractivity contribution is 6.31. The van der Waals surface area contributed by atoms with Crippen molar-refractivity contribution < 1.29 is 0 Å². The minimum atomic E-state index is 0.310. The summed E-state index contributed by atoms with van der Waals surface area (Å²) >= 11 is 5.91. The lowest BCUT2D eigenvalue weighted by atomic mass is 10.2. The van der Waals surface area contributed by atoms with Crippen LogP contribution in [0.3, 0.4) is 0 Å². The molecule has 2 aromatic heterocycles. The highest BCUT2D eigenvalue weighted by Crippen LogP contribution is 2.24. The van der Waals surface area contributed by atoms with Crippen LogP contribution >= 0.6 is 11.6 Å². The Balaban J connectivity index is 2.63. The van der Waals surface area contributed by atoms with Crippen molar-refractivity contribution in [3.63, 3.8) is 0 Å². The van der Waals surface area contributed by atoms with E-state index < -0.39 is 0 Å². The number of halogens is 1. The average molecular weight is 220 g/mol. The van der Waals surface area contributed by atoms with E-state index in [1.165, 1.54) is 6.20 Å². The summed E-state index contributed by atoms with van der Waals surface area (Å²) in [4.78, 5) is 3.91. The van der Waals surface area contributed by atoms with Gasteiger partial charge in [0.2, 0.25) is 0 Å². The van der Waals surface area contributed by atoms with Crippen molar-refractivity contribution in [2.24, 2.45) is 7.05 Å². The summed E-state index contributed by atoms with van der Waals surface area (Å²) in [6, 6.07) is 3.64. The van der Waals surface area contributed by atoms with E-state index in [2.05, 4.69) is 15.2 Å². The number of nitrogens with zero attached hydrogens (tertiary/aromatic N) is 5. The Morgan fingerprint density at radius 1 is 1.53 bits per heavy atom. The van der Waals surface area contributed by atoms with Gasteiger partial charge in [0.05, 0.1) is 11.1 Å². The summed E-state index contributed by atoms with van der Waals surface area (Å²) in [5, 5.41) is 16.7. The average Bonchev–Trinajstić information content (AvgIpc) is 2.65. The third kappa shape index (κ3) is 1.67. The van der Waals surface area contributed by atoms with Gasteiger partial charge in [-0.1, -0.05) is 11.6 Å². The molecule has 0 aliphatic heterocycles. The lowest BCUT2D eigenvalue weighted by Crippen LogP contribution is -1.94. The third-order valence-electron chi connectivity index (χ3n) is 1.92. The molecule has 2 rings (SSSR count).